The predicted octanol–water partition coefficient (Wildman–Crippen LogP) is 3.02. The molecule has 0 atom stereocenters. The summed E-state index contributed by atoms with van der Waals surface area (Å²) < 4.78 is 0.194. The van der Waals surface area contributed by atoms with Crippen molar-refractivity contribution in [3.8, 4) is 0 Å². The summed E-state index contributed by atoms with van der Waals surface area (Å²) in [7, 11) is -1.68. The Balaban J connectivity index is 0.00000484. The van der Waals surface area contributed by atoms with Crippen LogP contribution in [0.15, 0.2) is 18.2 Å². The average molecular weight is 358 g/mol. The van der Waals surface area contributed by atoms with Gasteiger partial charge in [-0.25, -0.2) is 0 Å². The summed E-state index contributed by atoms with van der Waals surface area (Å²) in [6.45, 7) is 23.9. The first kappa shape index (κ1) is 23.4. The summed E-state index contributed by atoms with van der Waals surface area (Å²) in [5.41, 5.74) is 2.56. The molecule has 0 saturated carbocycles. The molecule has 0 aliphatic rings. The van der Waals surface area contributed by atoms with Crippen molar-refractivity contribution in [2.45, 2.75) is 71.4 Å². The molecule has 1 heterocycles. The van der Waals surface area contributed by atoms with Crippen LogP contribution in [0, 0.1) is 12.3 Å². The van der Waals surface area contributed by atoms with Crippen molar-refractivity contribution in [3.63, 3.8) is 0 Å². The van der Waals surface area contributed by atoms with Crippen molar-refractivity contribution >= 4 is 30.1 Å². The molecule has 0 spiro atoms. The first-order valence-electron chi connectivity index (χ1n) is 8.14. The molecule has 0 N–H and O–H groups in total. The average Bonchev–Trinajstić information content (AvgIpc) is 2.24. The zero-order chi connectivity index (χ0) is 17.4. The minimum Gasteiger partial charge on any atom is -0.461 e. The zero-order valence-corrected chi connectivity index (χ0v) is 20.0. The van der Waals surface area contributed by atoms with Crippen LogP contribution in [0.1, 0.15) is 32.2 Å². The van der Waals surface area contributed by atoms with Gasteiger partial charge in [-0.2, -0.15) is 5.41 Å². The molecule has 5 heteroatoms. The Morgan fingerprint density at radius 1 is 0.957 bits per heavy atom. The third-order valence-electron chi connectivity index (χ3n) is 3.99. The van der Waals surface area contributed by atoms with Gasteiger partial charge in [0.1, 0.15) is 0 Å². The SMILES string of the molecule is Cc1cccc(C(P=[C-]C(C)(C)C)([Si](C)(C)C)[Si](C)(C)C)n1.[Li+]. The number of hydrogen-bond donors (Lipinski definition) is 0. The van der Waals surface area contributed by atoms with Crippen LogP contribution in [0.25, 0.3) is 0 Å². The molecule has 0 aliphatic heterocycles. The molecule has 1 rings (SSSR count). The van der Waals surface area contributed by atoms with Gasteiger partial charge in [0.15, 0.2) is 0 Å². The summed E-state index contributed by atoms with van der Waals surface area (Å²) in [4.78, 5) is 5.00. The van der Waals surface area contributed by atoms with Crippen molar-refractivity contribution in [1.29, 1.82) is 0 Å². The van der Waals surface area contributed by atoms with Gasteiger partial charge in [0, 0.05) is 15.8 Å². The molecule has 1 nitrogen and oxygen atoms in total. The van der Waals surface area contributed by atoms with Crippen LogP contribution in [-0.2, 0) is 4.40 Å². The first-order valence-corrected chi connectivity index (χ1v) is 16.0. The Morgan fingerprint density at radius 2 is 1.43 bits per heavy atom. The van der Waals surface area contributed by atoms with Crippen molar-refractivity contribution in [1.82, 2.24) is 4.98 Å². The molecule has 124 valence electrons. The monoisotopic (exact) mass is 357 g/mol. The number of aryl methyl sites for hydroxylation is 1. The Morgan fingerprint density at radius 3 is 1.78 bits per heavy atom. The maximum absolute atomic E-state index is 5.00. The van der Waals surface area contributed by atoms with E-state index in [2.05, 4.69) is 91.0 Å². The standard InChI is InChI=1S/C18H33NPSi2.Li/c1-15-12-11-13-16(19-15)18(21(5,6)7,22(8,9)10)20-14-17(2,3)4;/h11-13H,1-10H3;/q-1;+1. The van der Waals surface area contributed by atoms with E-state index in [9.17, 15) is 0 Å². The molecule has 0 amide bonds. The Hall–Kier alpha value is 0.351. The van der Waals surface area contributed by atoms with E-state index in [1.165, 1.54) is 13.9 Å². The van der Waals surface area contributed by atoms with Gasteiger partial charge in [-0.15, -0.1) is 0 Å². The van der Waals surface area contributed by atoms with Crippen LogP contribution < -0.4 is 18.9 Å². The first-order chi connectivity index (χ1) is 9.71. The smallest absolute Gasteiger partial charge is 0.461 e. The minimum atomic E-state index is -1.51. The second-order valence-corrected chi connectivity index (χ2v) is 22.3. The van der Waals surface area contributed by atoms with E-state index < -0.39 is 16.1 Å². The van der Waals surface area contributed by atoms with E-state index in [1.807, 2.05) is 0 Å². The molecular weight excluding hydrogens is 324 g/mol. The molecule has 23 heavy (non-hydrogen) atoms. The van der Waals surface area contributed by atoms with Crippen molar-refractivity contribution in [2.24, 2.45) is 5.41 Å². The molecule has 0 aromatic carbocycles. The number of aromatic nitrogens is 1. The topological polar surface area (TPSA) is 12.9 Å². The maximum Gasteiger partial charge on any atom is 1.00 e. The Bertz CT molecular complexity index is 537. The molecule has 0 radical (unpaired) electrons. The van der Waals surface area contributed by atoms with Crippen LogP contribution in [0.4, 0.5) is 0 Å². The normalized spacial score (nSPS) is 14.0. The van der Waals surface area contributed by atoms with Gasteiger partial charge in [0.25, 0.3) is 0 Å². The van der Waals surface area contributed by atoms with Crippen LogP contribution >= 0.6 is 8.20 Å². The van der Waals surface area contributed by atoms with Crippen LogP contribution in [0.3, 0.4) is 0 Å². The fourth-order valence-electron chi connectivity index (χ4n) is 3.28. The van der Waals surface area contributed by atoms with Crippen molar-refractivity contribution in [3.05, 3.63) is 29.6 Å². The van der Waals surface area contributed by atoms with Gasteiger partial charge >= 0.3 is 18.9 Å². The van der Waals surface area contributed by atoms with E-state index in [1.54, 1.807) is 0 Å². The van der Waals surface area contributed by atoms with Crippen molar-refractivity contribution < 1.29 is 18.9 Å². The quantitative estimate of drug-likeness (QED) is 0.459. The third kappa shape index (κ3) is 5.41. The number of hydrogen-bond acceptors (Lipinski definition) is 1. The predicted molar refractivity (Wildman–Crippen MR) is 109 cm³/mol. The molecule has 0 bridgehead atoms. The van der Waals surface area contributed by atoms with E-state index in [0.717, 1.165) is 5.69 Å². The Labute approximate surface area is 160 Å². The summed E-state index contributed by atoms with van der Waals surface area (Å²) >= 11 is 0. The molecule has 0 saturated heterocycles. The molecular formula is C18H33LiNPSi2. The number of nitrogens with zero attached hydrogens (tertiary/aromatic N) is 1. The number of pyridine rings is 1. The second-order valence-electron chi connectivity index (χ2n) is 9.35. The van der Waals surface area contributed by atoms with Gasteiger partial charge in [-0.3, -0.25) is 4.98 Å². The van der Waals surface area contributed by atoms with E-state index in [4.69, 9.17) is 4.98 Å². The largest absolute Gasteiger partial charge is 1.00 e. The van der Waals surface area contributed by atoms with Gasteiger partial charge in [0.05, 0.1) is 16.1 Å². The minimum absolute atomic E-state index is 0. The molecule has 1 aromatic heterocycles. The van der Waals surface area contributed by atoms with E-state index in [-0.39, 0.29) is 28.7 Å². The van der Waals surface area contributed by atoms with Gasteiger partial charge in [-0.1, -0.05) is 66.1 Å². The summed E-state index contributed by atoms with van der Waals surface area (Å²) in [6.07, 6.45) is 0. The fourth-order valence-corrected chi connectivity index (χ4v) is 17.9. The van der Waals surface area contributed by atoms with Crippen LogP contribution in [0.2, 0.25) is 39.3 Å². The number of rotatable bonds is 4. The molecule has 0 aliphatic carbocycles. The van der Waals surface area contributed by atoms with Crippen LogP contribution in [0.5, 0.6) is 0 Å². The Kier molecular flexibility index (Phi) is 7.83. The molecule has 0 fully saturated rings. The molecule has 0 unspecified atom stereocenters. The van der Waals surface area contributed by atoms with E-state index >= 15 is 0 Å². The molecule has 1 aromatic rings. The summed E-state index contributed by atoms with van der Waals surface area (Å²) in [5, 5.41) is 0. The zero-order valence-electron chi connectivity index (χ0n) is 17.1. The third-order valence-corrected chi connectivity index (χ3v) is 19.4. The summed E-state index contributed by atoms with van der Waals surface area (Å²) in [6, 6.07) is 6.55. The van der Waals surface area contributed by atoms with Gasteiger partial charge in [-0.05, 0) is 19.1 Å². The van der Waals surface area contributed by atoms with Gasteiger partial charge < -0.3 is 14.0 Å². The second kappa shape index (κ2) is 7.71. The van der Waals surface area contributed by atoms with E-state index in [0.29, 0.717) is 0 Å². The van der Waals surface area contributed by atoms with Gasteiger partial charge in [0.2, 0.25) is 0 Å². The maximum atomic E-state index is 5.00. The van der Waals surface area contributed by atoms with Crippen molar-refractivity contribution in [2.75, 3.05) is 0 Å². The fraction of sp³-hybridized carbons (Fsp3) is 0.667. The van der Waals surface area contributed by atoms with Crippen LogP contribution in [-0.4, -0.2) is 26.9 Å². The summed E-state index contributed by atoms with van der Waals surface area (Å²) in [5.74, 6) is 3.80.